The first-order valence-electron chi connectivity index (χ1n) is 5.92. The Morgan fingerprint density at radius 2 is 1.74 bits per heavy atom. The maximum atomic E-state index is 11.7. The van der Waals surface area contributed by atoms with Crippen LogP contribution in [0.2, 0.25) is 0 Å². The summed E-state index contributed by atoms with van der Waals surface area (Å²) in [5, 5.41) is 5.45. The predicted octanol–water partition coefficient (Wildman–Crippen LogP) is 0.888. The van der Waals surface area contributed by atoms with Crippen molar-refractivity contribution in [2.45, 2.75) is 6.42 Å². The zero-order valence-corrected chi connectivity index (χ0v) is 10.9. The van der Waals surface area contributed by atoms with Gasteiger partial charge in [0.2, 0.25) is 0 Å². The van der Waals surface area contributed by atoms with Crippen molar-refractivity contribution in [3.8, 4) is 22.8 Å². The summed E-state index contributed by atoms with van der Waals surface area (Å²) in [6, 6.07) is 5.44. The second kappa shape index (κ2) is 5.62. The maximum absolute atomic E-state index is 11.7. The van der Waals surface area contributed by atoms with E-state index in [0.717, 1.165) is 5.56 Å². The van der Waals surface area contributed by atoms with Crippen LogP contribution >= 0.6 is 0 Å². The van der Waals surface area contributed by atoms with Crippen LogP contribution in [0.15, 0.2) is 23.0 Å². The van der Waals surface area contributed by atoms with Crippen molar-refractivity contribution in [1.29, 1.82) is 0 Å². The van der Waals surface area contributed by atoms with E-state index in [4.69, 9.17) is 15.2 Å². The smallest absolute Gasteiger partial charge is 0.267 e. The van der Waals surface area contributed by atoms with Gasteiger partial charge < -0.3 is 15.2 Å². The molecule has 0 fully saturated rings. The number of aromatic amines is 2. The molecular formula is C13H17N3O3. The number of hydrogen-bond acceptors (Lipinski definition) is 4. The third kappa shape index (κ3) is 2.63. The summed E-state index contributed by atoms with van der Waals surface area (Å²) in [5.74, 6) is 1.32. The third-order valence-electron chi connectivity index (χ3n) is 2.91. The van der Waals surface area contributed by atoms with E-state index in [1.54, 1.807) is 20.3 Å². The molecule has 102 valence electrons. The van der Waals surface area contributed by atoms with E-state index in [2.05, 4.69) is 10.2 Å². The zero-order valence-electron chi connectivity index (χ0n) is 10.9. The van der Waals surface area contributed by atoms with Crippen molar-refractivity contribution in [2.24, 2.45) is 5.73 Å². The molecular weight excluding hydrogens is 246 g/mol. The van der Waals surface area contributed by atoms with Gasteiger partial charge in [0.05, 0.1) is 19.9 Å². The lowest BCUT2D eigenvalue weighted by atomic mass is 10.1. The lowest BCUT2D eigenvalue weighted by Crippen LogP contribution is -2.12. The Labute approximate surface area is 110 Å². The van der Waals surface area contributed by atoms with E-state index < -0.39 is 0 Å². The molecule has 0 radical (unpaired) electrons. The van der Waals surface area contributed by atoms with Crippen LogP contribution < -0.4 is 20.8 Å². The predicted molar refractivity (Wildman–Crippen MR) is 72.7 cm³/mol. The van der Waals surface area contributed by atoms with Crippen LogP contribution in [0.25, 0.3) is 11.3 Å². The number of benzene rings is 1. The topological polar surface area (TPSA) is 93.1 Å². The number of H-pyrrole nitrogens is 2. The number of aromatic nitrogens is 2. The van der Waals surface area contributed by atoms with Gasteiger partial charge in [0.1, 0.15) is 11.5 Å². The standard InChI is InChI=1S/C13H17N3O3/c1-18-9-5-8(6-10(7-9)19-2)12-11(3-4-14)13(17)16-15-12/h5-7H,3-4,14H2,1-2H3,(H2,15,16,17). The Balaban J connectivity index is 2.54. The Morgan fingerprint density at radius 1 is 1.11 bits per heavy atom. The fourth-order valence-corrected chi connectivity index (χ4v) is 1.96. The molecule has 0 bridgehead atoms. The summed E-state index contributed by atoms with van der Waals surface area (Å²) in [6.07, 6.45) is 0.508. The molecule has 1 aromatic heterocycles. The SMILES string of the molecule is COc1cc(OC)cc(-c2[nH][nH]c(=O)c2CCN)c1. The van der Waals surface area contributed by atoms with Crippen molar-refractivity contribution in [3.63, 3.8) is 0 Å². The molecule has 19 heavy (non-hydrogen) atoms. The van der Waals surface area contributed by atoms with Crippen LogP contribution in [0.3, 0.4) is 0 Å². The van der Waals surface area contributed by atoms with Crippen LogP contribution in [0.4, 0.5) is 0 Å². The first-order chi connectivity index (χ1) is 9.19. The molecule has 0 unspecified atom stereocenters. The molecule has 0 aliphatic carbocycles. The van der Waals surface area contributed by atoms with Gasteiger partial charge in [-0.1, -0.05) is 0 Å². The van der Waals surface area contributed by atoms with Gasteiger partial charge in [-0.3, -0.25) is 15.0 Å². The fourth-order valence-electron chi connectivity index (χ4n) is 1.96. The molecule has 2 aromatic rings. The van der Waals surface area contributed by atoms with Gasteiger partial charge in [-0.15, -0.1) is 0 Å². The van der Waals surface area contributed by atoms with Crippen LogP contribution in [-0.2, 0) is 6.42 Å². The van der Waals surface area contributed by atoms with Crippen molar-refractivity contribution in [3.05, 3.63) is 34.1 Å². The third-order valence-corrected chi connectivity index (χ3v) is 2.91. The van der Waals surface area contributed by atoms with Crippen LogP contribution in [0.1, 0.15) is 5.56 Å². The summed E-state index contributed by atoms with van der Waals surface area (Å²) in [4.78, 5) is 11.7. The number of ether oxygens (including phenoxy) is 2. The maximum Gasteiger partial charge on any atom is 0.267 e. The Hall–Kier alpha value is -2.21. The molecule has 1 heterocycles. The molecule has 4 N–H and O–H groups in total. The van der Waals surface area contributed by atoms with E-state index in [9.17, 15) is 4.79 Å². The largest absolute Gasteiger partial charge is 0.497 e. The van der Waals surface area contributed by atoms with Gasteiger partial charge in [-0.2, -0.15) is 0 Å². The van der Waals surface area contributed by atoms with Crippen LogP contribution in [0.5, 0.6) is 11.5 Å². The van der Waals surface area contributed by atoms with Gasteiger partial charge in [-0.25, -0.2) is 0 Å². The molecule has 2 rings (SSSR count). The second-order valence-corrected chi connectivity index (χ2v) is 4.07. The first kappa shape index (κ1) is 13.2. The first-order valence-corrected chi connectivity index (χ1v) is 5.92. The molecule has 0 spiro atoms. The number of methoxy groups -OCH3 is 2. The van der Waals surface area contributed by atoms with Gasteiger partial charge in [-0.05, 0) is 25.1 Å². The molecule has 0 atom stereocenters. The quantitative estimate of drug-likeness (QED) is 0.746. The number of hydrogen-bond donors (Lipinski definition) is 3. The Kier molecular flexibility index (Phi) is 3.91. The molecule has 0 saturated heterocycles. The number of nitrogens with one attached hydrogen (secondary N) is 2. The van der Waals surface area contributed by atoms with Crippen molar-refractivity contribution >= 4 is 0 Å². The van der Waals surface area contributed by atoms with Crippen LogP contribution in [-0.4, -0.2) is 31.0 Å². The Morgan fingerprint density at radius 3 is 2.26 bits per heavy atom. The summed E-state index contributed by atoms with van der Waals surface area (Å²) in [6.45, 7) is 0.412. The van der Waals surface area contributed by atoms with Crippen molar-refractivity contribution in [1.82, 2.24) is 10.2 Å². The van der Waals surface area contributed by atoms with Crippen LogP contribution in [0, 0.1) is 0 Å². The van der Waals surface area contributed by atoms with E-state index in [0.29, 0.717) is 35.7 Å². The highest BCUT2D eigenvalue weighted by Crippen LogP contribution is 2.29. The molecule has 0 saturated carbocycles. The summed E-state index contributed by atoms with van der Waals surface area (Å²) >= 11 is 0. The molecule has 6 heteroatoms. The molecule has 0 aliphatic heterocycles. The summed E-state index contributed by atoms with van der Waals surface area (Å²) in [7, 11) is 3.17. The highest BCUT2D eigenvalue weighted by atomic mass is 16.5. The fraction of sp³-hybridized carbons (Fsp3) is 0.308. The average Bonchev–Trinajstić information content (AvgIpc) is 2.80. The van der Waals surface area contributed by atoms with Gasteiger partial charge >= 0.3 is 0 Å². The van der Waals surface area contributed by atoms with Gasteiger partial charge in [0.15, 0.2) is 0 Å². The lowest BCUT2D eigenvalue weighted by molar-refractivity contribution is 0.394. The summed E-state index contributed by atoms with van der Waals surface area (Å²) < 4.78 is 10.4. The lowest BCUT2D eigenvalue weighted by Gasteiger charge is -2.08. The van der Waals surface area contributed by atoms with Gasteiger partial charge in [0, 0.05) is 17.2 Å². The van der Waals surface area contributed by atoms with E-state index in [1.807, 2.05) is 12.1 Å². The minimum Gasteiger partial charge on any atom is -0.497 e. The van der Waals surface area contributed by atoms with Crippen molar-refractivity contribution in [2.75, 3.05) is 20.8 Å². The van der Waals surface area contributed by atoms with E-state index >= 15 is 0 Å². The van der Waals surface area contributed by atoms with E-state index in [1.165, 1.54) is 0 Å². The summed E-state index contributed by atoms with van der Waals surface area (Å²) in [5.41, 5.74) is 7.55. The molecule has 6 nitrogen and oxygen atoms in total. The number of rotatable bonds is 5. The minimum atomic E-state index is -0.151. The second-order valence-electron chi connectivity index (χ2n) is 4.07. The van der Waals surface area contributed by atoms with E-state index in [-0.39, 0.29) is 5.56 Å². The highest BCUT2D eigenvalue weighted by Gasteiger charge is 2.13. The minimum absolute atomic E-state index is 0.151. The normalized spacial score (nSPS) is 10.5. The average molecular weight is 263 g/mol. The Bertz CT molecular complexity index is 594. The molecule has 0 aliphatic rings. The van der Waals surface area contributed by atoms with Crippen molar-refractivity contribution < 1.29 is 9.47 Å². The molecule has 0 amide bonds. The number of nitrogens with two attached hydrogens (primary N) is 1. The molecule has 1 aromatic carbocycles. The van der Waals surface area contributed by atoms with Gasteiger partial charge in [0.25, 0.3) is 5.56 Å². The highest BCUT2D eigenvalue weighted by molar-refractivity contribution is 5.66. The zero-order chi connectivity index (χ0) is 13.8. The monoisotopic (exact) mass is 263 g/mol.